The molecule has 0 aliphatic carbocycles. The molecule has 3 N–H and O–H groups in total. The van der Waals surface area contributed by atoms with E-state index in [1.165, 1.54) is 0 Å². The molecule has 6 heteroatoms. The fraction of sp³-hybridized carbons (Fsp3) is 0.278. The number of likely N-dealkylation sites (N-methyl/N-ethyl adjacent to an activating group) is 2. The highest BCUT2D eigenvalue weighted by Crippen LogP contribution is 2.27. The number of allylic oxidation sites excluding steroid dienone is 3. The zero-order chi connectivity index (χ0) is 17.7. The van der Waals surface area contributed by atoms with Crippen LogP contribution in [-0.2, 0) is 0 Å². The van der Waals surface area contributed by atoms with Crippen molar-refractivity contribution in [2.45, 2.75) is 0 Å². The molecule has 0 fully saturated rings. The lowest BCUT2D eigenvalue weighted by Crippen LogP contribution is -2.27. The maximum atomic E-state index is 6.27. The number of fused-ring (bicyclic) bond motifs is 1. The summed E-state index contributed by atoms with van der Waals surface area (Å²) in [7, 11) is 6.12. The fourth-order valence-electron chi connectivity index (χ4n) is 2.24. The van der Waals surface area contributed by atoms with Gasteiger partial charge in [-0.05, 0) is 32.3 Å². The molecule has 0 atom stereocenters. The highest BCUT2D eigenvalue weighted by Gasteiger charge is 2.10. The second-order valence-corrected chi connectivity index (χ2v) is 6.33. The molecule has 24 heavy (non-hydrogen) atoms. The van der Waals surface area contributed by atoms with Gasteiger partial charge in [0, 0.05) is 54.9 Å². The van der Waals surface area contributed by atoms with Crippen LogP contribution in [0.3, 0.4) is 0 Å². The lowest BCUT2D eigenvalue weighted by Gasteiger charge is -2.21. The number of pyridine rings is 1. The molecule has 0 amide bonds. The van der Waals surface area contributed by atoms with Gasteiger partial charge < -0.3 is 20.5 Å². The van der Waals surface area contributed by atoms with Crippen LogP contribution in [0.4, 0.5) is 0 Å². The normalized spacial score (nSPS) is 12.5. The molecule has 2 aromatic rings. The smallest absolute Gasteiger partial charge is 0.138 e. The minimum atomic E-state index is 0.533. The van der Waals surface area contributed by atoms with Crippen LogP contribution in [0.5, 0.6) is 0 Å². The summed E-state index contributed by atoms with van der Waals surface area (Å²) >= 11 is 6.27. The first-order valence-electron chi connectivity index (χ1n) is 7.70. The number of nitrogens with two attached hydrogens (primary N) is 1. The van der Waals surface area contributed by atoms with Crippen molar-refractivity contribution in [1.29, 1.82) is 0 Å². The molecule has 2 aromatic heterocycles. The van der Waals surface area contributed by atoms with E-state index in [4.69, 9.17) is 17.3 Å². The summed E-state index contributed by atoms with van der Waals surface area (Å²) in [6.45, 7) is 5.95. The van der Waals surface area contributed by atoms with Gasteiger partial charge >= 0.3 is 0 Å². The topological polar surface area (TPSA) is 61.2 Å². The molecule has 5 nitrogen and oxygen atoms in total. The van der Waals surface area contributed by atoms with Gasteiger partial charge in [0.2, 0.25) is 0 Å². The average molecular weight is 346 g/mol. The van der Waals surface area contributed by atoms with Crippen molar-refractivity contribution in [2.75, 3.05) is 34.2 Å². The highest BCUT2D eigenvalue weighted by atomic mass is 35.5. The lowest BCUT2D eigenvalue weighted by molar-refractivity contribution is 0.331. The van der Waals surface area contributed by atoms with Crippen LogP contribution in [0.25, 0.3) is 16.7 Å². The molecule has 0 unspecified atom stereocenters. The van der Waals surface area contributed by atoms with Crippen LogP contribution < -0.4 is 5.73 Å². The van der Waals surface area contributed by atoms with Crippen molar-refractivity contribution < 1.29 is 0 Å². The number of nitrogens with zero attached hydrogens (tertiary/aromatic N) is 3. The van der Waals surface area contributed by atoms with E-state index in [0.29, 0.717) is 10.7 Å². The summed E-state index contributed by atoms with van der Waals surface area (Å²) in [6, 6.07) is 1.92. The first kappa shape index (κ1) is 18.1. The van der Waals surface area contributed by atoms with Gasteiger partial charge in [-0.25, -0.2) is 4.98 Å². The maximum absolute atomic E-state index is 6.27. The Morgan fingerprint density at radius 3 is 2.83 bits per heavy atom. The Kier molecular flexibility index (Phi) is 6.06. The number of aromatic amines is 1. The molecule has 0 saturated carbocycles. The van der Waals surface area contributed by atoms with Gasteiger partial charge in [-0.15, -0.1) is 0 Å². The largest absolute Gasteiger partial charge is 0.398 e. The van der Waals surface area contributed by atoms with Crippen LogP contribution in [0.1, 0.15) is 5.56 Å². The van der Waals surface area contributed by atoms with Crippen LogP contribution in [-0.4, -0.2) is 54.0 Å². The van der Waals surface area contributed by atoms with E-state index in [9.17, 15) is 0 Å². The van der Waals surface area contributed by atoms with Crippen LogP contribution in [0.15, 0.2) is 49.0 Å². The van der Waals surface area contributed by atoms with Crippen LogP contribution >= 0.6 is 11.6 Å². The van der Waals surface area contributed by atoms with Gasteiger partial charge in [-0.1, -0.05) is 24.3 Å². The molecule has 0 aliphatic heterocycles. The molecular formula is C18H24ClN5. The highest BCUT2D eigenvalue weighted by molar-refractivity contribution is 6.33. The third-order valence-corrected chi connectivity index (χ3v) is 4.05. The van der Waals surface area contributed by atoms with Gasteiger partial charge in [-0.2, -0.15) is 0 Å². The predicted octanol–water partition coefficient (Wildman–Crippen LogP) is 3.08. The molecule has 0 spiro atoms. The van der Waals surface area contributed by atoms with E-state index < -0.39 is 0 Å². The van der Waals surface area contributed by atoms with Gasteiger partial charge in [0.1, 0.15) is 5.65 Å². The molecule has 0 saturated heterocycles. The zero-order valence-electron chi connectivity index (χ0n) is 14.4. The summed E-state index contributed by atoms with van der Waals surface area (Å²) in [5, 5.41) is 1.44. The van der Waals surface area contributed by atoms with E-state index in [1.54, 1.807) is 6.20 Å². The average Bonchev–Trinajstić information content (AvgIpc) is 3.00. The van der Waals surface area contributed by atoms with E-state index >= 15 is 0 Å². The minimum Gasteiger partial charge on any atom is -0.398 e. The molecular weight excluding hydrogens is 322 g/mol. The molecule has 0 aromatic carbocycles. The minimum absolute atomic E-state index is 0.533. The van der Waals surface area contributed by atoms with Gasteiger partial charge in [-0.3, -0.25) is 0 Å². The van der Waals surface area contributed by atoms with Gasteiger partial charge in [0.25, 0.3) is 0 Å². The Hall–Kier alpha value is -2.24. The maximum Gasteiger partial charge on any atom is 0.138 e. The second-order valence-electron chi connectivity index (χ2n) is 5.92. The summed E-state index contributed by atoms with van der Waals surface area (Å²) in [6.07, 6.45) is 9.08. The van der Waals surface area contributed by atoms with E-state index in [1.807, 2.05) is 37.5 Å². The quantitative estimate of drug-likeness (QED) is 0.757. The SMILES string of the molecule is C=C(/C=C\C=C(/N)c1c(Cl)cnc2[nH]ccc12)N(C)CCN(C)C. The molecule has 0 radical (unpaired) electrons. The Balaban J connectivity index is 2.12. The van der Waals surface area contributed by atoms with Crippen LogP contribution in [0, 0.1) is 0 Å². The fourth-order valence-corrected chi connectivity index (χ4v) is 2.50. The standard InChI is InChI=1S/C18H24ClN5/c1-13(24(4)11-10-23(2)3)6-5-7-16(20)17-14-8-9-21-18(14)22-12-15(17)19/h5-9,12H,1,10-11,20H2,2-4H3,(H,21,22)/b6-5-,16-7-. The number of hydrogen-bond acceptors (Lipinski definition) is 4. The van der Waals surface area contributed by atoms with E-state index in [0.717, 1.165) is 35.4 Å². The van der Waals surface area contributed by atoms with Gasteiger partial charge in [0.05, 0.1) is 5.02 Å². The summed E-state index contributed by atoms with van der Waals surface area (Å²) in [5.41, 5.74) is 9.29. The summed E-state index contributed by atoms with van der Waals surface area (Å²) in [4.78, 5) is 11.5. The van der Waals surface area contributed by atoms with E-state index in [-0.39, 0.29) is 0 Å². The molecule has 0 bridgehead atoms. The number of nitrogens with one attached hydrogen (secondary N) is 1. The first-order chi connectivity index (χ1) is 11.4. The molecule has 128 valence electrons. The predicted molar refractivity (Wildman–Crippen MR) is 103 cm³/mol. The number of aromatic nitrogens is 2. The number of rotatable bonds is 7. The number of hydrogen-bond donors (Lipinski definition) is 2. The van der Waals surface area contributed by atoms with Crippen molar-refractivity contribution in [3.63, 3.8) is 0 Å². The third kappa shape index (κ3) is 4.40. The summed E-state index contributed by atoms with van der Waals surface area (Å²) in [5.74, 6) is 0. The van der Waals surface area contributed by atoms with Gasteiger partial charge in [0.15, 0.2) is 0 Å². The van der Waals surface area contributed by atoms with E-state index in [2.05, 4.69) is 40.4 Å². The number of halogens is 1. The number of H-pyrrole nitrogens is 1. The van der Waals surface area contributed by atoms with Crippen molar-refractivity contribution >= 4 is 28.3 Å². The second kappa shape index (κ2) is 8.04. The first-order valence-corrected chi connectivity index (χ1v) is 8.08. The van der Waals surface area contributed by atoms with Crippen molar-refractivity contribution in [3.05, 3.63) is 59.6 Å². The Morgan fingerprint density at radius 1 is 1.38 bits per heavy atom. The molecule has 0 aliphatic rings. The van der Waals surface area contributed by atoms with Crippen LogP contribution in [0.2, 0.25) is 5.02 Å². The molecule has 2 heterocycles. The zero-order valence-corrected chi connectivity index (χ0v) is 15.1. The Morgan fingerprint density at radius 2 is 2.12 bits per heavy atom. The Labute approximate surface area is 148 Å². The van der Waals surface area contributed by atoms with Crippen molar-refractivity contribution in [3.8, 4) is 0 Å². The van der Waals surface area contributed by atoms with Crippen molar-refractivity contribution in [1.82, 2.24) is 19.8 Å². The Bertz CT molecular complexity index is 773. The monoisotopic (exact) mass is 345 g/mol. The lowest BCUT2D eigenvalue weighted by atomic mass is 10.1. The third-order valence-electron chi connectivity index (χ3n) is 3.77. The molecule has 2 rings (SSSR count). The summed E-state index contributed by atoms with van der Waals surface area (Å²) < 4.78 is 0. The van der Waals surface area contributed by atoms with Crippen molar-refractivity contribution in [2.24, 2.45) is 5.73 Å².